The minimum atomic E-state index is -0.972. The fraction of sp³-hybridized carbons (Fsp3) is 0.233. The number of carbonyl (C=O) groups is 1. The molecule has 5 heterocycles. The molecule has 8 nitrogen and oxygen atoms in total. The standard InChI is InChI=1S/C30H27N5O3/c36-29-26(28-32-22-6-1-2-7-23(22)33-28)27(31-25-16-35-12-10-17(25)11-13-35)21-9-8-19(15-24(21)34-29)18-4-3-5-20(14-18)30(37)38/h1-9,14-15,17,25H,10-13,16H2,(H,32,33)(H,37,38)(H2,31,34,36)/t25-/m0/s1. The van der Waals surface area contributed by atoms with Crippen LogP contribution >= 0.6 is 0 Å². The second-order valence-corrected chi connectivity index (χ2v) is 10.3. The molecule has 8 heteroatoms. The number of imidazole rings is 1. The average molecular weight is 506 g/mol. The minimum Gasteiger partial charge on any atom is -0.478 e. The van der Waals surface area contributed by atoms with E-state index < -0.39 is 5.97 Å². The minimum absolute atomic E-state index is 0.223. The number of hydrogen-bond donors (Lipinski definition) is 4. The molecule has 0 radical (unpaired) electrons. The van der Waals surface area contributed by atoms with Gasteiger partial charge in [0.05, 0.1) is 27.8 Å². The monoisotopic (exact) mass is 505 g/mol. The predicted molar refractivity (Wildman–Crippen MR) is 149 cm³/mol. The van der Waals surface area contributed by atoms with Crippen molar-refractivity contribution in [3.8, 4) is 22.5 Å². The zero-order chi connectivity index (χ0) is 25.8. The molecule has 4 N–H and O–H groups in total. The van der Waals surface area contributed by atoms with E-state index in [2.05, 4.69) is 20.2 Å². The van der Waals surface area contributed by atoms with Crippen LogP contribution in [-0.2, 0) is 0 Å². The van der Waals surface area contributed by atoms with Crippen LogP contribution in [0.25, 0.3) is 44.5 Å². The third-order valence-corrected chi connectivity index (χ3v) is 8.07. The van der Waals surface area contributed by atoms with Crippen LogP contribution in [0.5, 0.6) is 0 Å². The molecule has 0 amide bonds. The summed E-state index contributed by atoms with van der Waals surface area (Å²) in [5.41, 5.74) is 5.28. The number of aromatic carboxylic acids is 1. The first-order valence-corrected chi connectivity index (χ1v) is 13.0. The van der Waals surface area contributed by atoms with Gasteiger partial charge >= 0.3 is 5.97 Å². The van der Waals surface area contributed by atoms with Crippen molar-refractivity contribution in [2.75, 3.05) is 25.0 Å². The van der Waals surface area contributed by atoms with Crippen LogP contribution in [0.2, 0.25) is 0 Å². The molecule has 3 aliphatic rings. The number of pyridine rings is 1. The topological polar surface area (TPSA) is 114 Å². The number of fused-ring (bicyclic) bond motifs is 5. The summed E-state index contributed by atoms with van der Waals surface area (Å²) in [6.07, 6.45) is 2.31. The summed E-state index contributed by atoms with van der Waals surface area (Å²) in [5, 5.41) is 14.1. The Labute approximate surface area is 218 Å². The Bertz CT molecular complexity index is 1730. The summed E-state index contributed by atoms with van der Waals surface area (Å²) in [6.45, 7) is 3.22. The van der Waals surface area contributed by atoms with E-state index in [1.54, 1.807) is 18.2 Å². The van der Waals surface area contributed by atoms with Gasteiger partial charge in [-0.05, 0) is 73.3 Å². The number of rotatable bonds is 5. The van der Waals surface area contributed by atoms with Gasteiger partial charge in [-0.15, -0.1) is 0 Å². The Balaban J connectivity index is 1.40. The Morgan fingerprint density at radius 2 is 1.76 bits per heavy atom. The number of carboxylic acids is 1. The molecule has 8 rings (SSSR count). The van der Waals surface area contributed by atoms with Gasteiger partial charge in [-0.2, -0.15) is 0 Å². The van der Waals surface area contributed by atoms with Crippen LogP contribution in [-0.4, -0.2) is 56.6 Å². The summed E-state index contributed by atoms with van der Waals surface area (Å²) in [6, 6.07) is 20.8. The predicted octanol–water partition coefficient (Wildman–Crippen LogP) is 4.94. The number of para-hydroxylation sites is 2. The Morgan fingerprint density at radius 3 is 2.53 bits per heavy atom. The summed E-state index contributed by atoms with van der Waals surface area (Å²) >= 11 is 0. The second kappa shape index (κ2) is 8.85. The number of nitrogens with zero attached hydrogens (tertiary/aromatic N) is 2. The average Bonchev–Trinajstić information content (AvgIpc) is 3.37. The zero-order valence-electron chi connectivity index (χ0n) is 20.7. The highest BCUT2D eigenvalue weighted by Crippen LogP contribution is 2.37. The third kappa shape index (κ3) is 3.85. The smallest absolute Gasteiger partial charge is 0.335 e. The van der Waals surface area contributed by atoms with Crippen molar-refractivity contribution in [1.29, 1.82) is 0 Å². The number of carboxylic acid groups (broad SMARTS) is 1. The number of benzene rings is 3. The lowest BCUT2D eigenvalue weighted by atomic mass is 9.83. The fourth-order valence-corrected chi connectivity index (χ4v) is 6.07. The van der Waals surface area contributed by atoms with Crippen LogP contribution in [0.3, 0.4) is 0 Å². The second-order valence-electron chi connectivity index (χ2n) is 10.3. The molecule has 5 aromatic rings. The van der Waals surface area contributed by atoms with Gasteiger partial charge in [0.1, 0.15) is 11.4 Å². The Kier molecular flexibility index (Phi) is 5.30. The lowest BCUT2D eigenvalue weighted by Gasteiger charge is -2.45. The maximum absolute atomic E-state index is 13.7. The fourth-order valence-electron chi connectivity index (χ4n) is 6.07. The number of anilines is 1. The number of piperidine rings is 3. The molecule has 1 atom stereocenters. The summed E-state index contributed by atoms with van der Waals surface area (Å²) in [5.74, 6) is 0.132. The first kappa shape index (κ1) is 22.7. The quantitative estimate of drug-likeness (QED) is 0.269. The van der Waals surface area contributed by atoms with Crippen LogP contribution in [0.4, 0.5) is 5.69 Å². The van der Waals surface area contributed by atoms with E-state index in [9.17, 15) is 14.7 Å². The van der Waals surface area contributed by atoms with E-state index in [0.717, 1.165) is 65.7 Å². The van der Waals surface area contributed by atoms with Gasteiger partial charge in [-0.1, -0.05) is 36.4 Å². The van der Waals surface area contributed by atoms with Gasteiger partial charge in [0.2, 0.25) is 0 Å². The molecule has 0 saturated carbocycles. The van der Waals surface area contributed by atoms with Crippen LogP contribution in [0, 0.1) is 5.92 Å². The van der Waals surface area contributed by atoms with Crippen molar-refractivity contribution in [3.05, 3.63) is 82.6 Å². The molecule has 0 aliphatic carbocycles. The van der Waals surface area contributed by atoms with E-state index in [-0.39, 0.29) is 17.2 Å². The molecule has 38 heavy (non-hydrogen) atoms. The molecular formula is C30H27N5O3. The first-order chi connectivity index (χ1) is 18.5. The van der Waals surface area contributed by atoms with Gasteiger partial charge in [0, 0.05) is 18.0 Å². The molecule has 2 aromatic heterocycles. The Hall–Kier alpha value is -4.43. The van der Waals surface area contributed by atoms with Crippen LogP contribution in [0.15, 0.2) is 71.5 Å². The maximum atomic E-state index is 13.7. The van der Waals surface area contributed by atoms with Crippen molar-refractivity contribution < 1.29 is 9.90 Å². The maximum Gasteiger partial charge on any atom is 0.335 e. The number of aromatic nitrogens is 3. The lowest BCUT2D eigenvalue weighted by Crippen LogP contribution is -2.53. The summed E-state index contributed by atoms with van der Waals surface area (Å²) in [7, 11) is 0. The van der Waals surface area contributed by atoms with Gasteiger partial charge in [-0.3, -0.25) is 4.79 Å². The highest BCUT2D eigenvalue weighted by Gasteiger charge is 2.35. The number of hydrogen-bond acceptors (Lipinski definition) is 5. The third-order valence-electron chi connectivity index (χ3n) is 8.07. The highest BCUT2D eigenvalue weighted by atomic mass is 16.4. The van der Waals surface area contributed by atoms with Crippen molar-refractivity contribution in [2.24, 2.45) is 5.92 Å². The number of nitrogens with one attached hydrogen (secondary N) is 3. The van der Waals surface area contributed by atoms with E-state index in [4.69, 9.17) is 4.98 Å². The van der Waals surface area contributed by atoms with Gasteiger partial charge in [-0.25, -0.2) is 9.78 Å². The van der Waals surface area contributed by atoms with Crippen LogP contribution < -0.4 is 10.9 Å². The lowest BCUT2D eigenvalue weighted by molar-refractivity contribution is 0.0697. The molecule has 3 fully saturated rings. The molecular weight excluding hydrogens is 478 g/mol. The van der Waals surface area contributed by atoms with E-state index in [1.807, 2.05) is 48.5 Å². The number of H-pyrrole nitrogens is 2. The molecule has 3 saturated heterocycles. The largest absolute Gasteiger partial charge is 0.478 e. The molecule has 2 bridgehead atoms. The molecule has 3 aromatic carbocycles. The normalized spacial score (nSPS) is 20.7. The SMILES string of the molecule is O=C(O)c1cccc(-c2ccc3c(N[C@H]4CN5CCC4CC5)c(-c4nc5ccccc5[nH]4)c(=O)[nH]c3c2)c1. The van der Waals surface area contributed by atoms with E-state index >= 15 is 0 Å². The first-order valence-electron chi connectivity index (χ1n) is 13.0. The zero-order valence-corrected chi connectivity index (χ0v) is 20.7. The van der Waals surface area contributed by atoms with Crippen molar-refractivity contribution in [1.82, 2.24) is 19.9 Å². The molecule has 190 valence electrons. The van der Waals surface area contributed by atoms with Gasteiger partial charge in [0.25, 0.3) is 5.56 Å². The Morgan fingerprint density at radius 1 is 0.947 bits per heavy atom. The van der Waals surface area contributed by atoms with Crippen molar-refractivity contribution >= 4 is 33.6 Å². The van der Waals surface area contributed by atoms with Crippen LogP contribution in [0.1, 0.15) is 23.2 Å². The highest BCUT2D eigenvalue weighted by molar-refractivity contribution is 6.01. The van der Waals surface area contributed by atoms with Gasteiger partial charge in [0.15, 0.2) is 0 Å². The molecule has 0 spiro atoms. The van der Waals surface area contributed by atoms with E-state index in [0.29, 0.717) is 22.8 Å². The van der Waals surface area contributed by atoms with E-state index in [1.165, 1.54) is 0 Å². The van der Waals surface area contributed by atoms with Crippen molar-refractivity contribution in [2.45, 2.75) is 18.9 Å². The molecule has 3 aliphatic heterocycles. The number of aromatic amines is 2. The summed E-state index contributed by atoms with van der Waals surface area (Å²) in [4.78, 5) is 38.9. The molecule has 0 unspecified atom stereocenters. The summed E-state index contributed by atoms with van der Waals surface area (Å²) < 4.78 is 0. The van der Waals surface area contributed by atoms with Gasteiger partial charge < -0.3 is 25.3 Å². The van der Waals surface area contributed by atoms with Crippen molar-refractivity contribution in [3.63, 3.8) is 0 Å².